The average molecular weight is 398 g/mol. The van der Waals surface area contributed by atoms with Gasteiger partial charge in [-0.25, -0.2) is 4.98 Å². The van der Waals surface area contributed by atoms with Crippen LogP contribution in [0, 0.1) is 0 Å². The van der Waals surface area contributed by atoms with Crippen molar-refractivity contribution in [2.24, 2.45) is 0 Å². The van der Waals surface area contributed by atoms with Crippen LogP contribution in [0.5, 0.6) is 5.75 Å². The van der Waals surface area contributed by atoms with Crippen molar-refractivity contribution in [1.82, 2.24) is 9.97 Å². The molecule has 3 aromatic rings. The number of ether oxygens (including phenoxy) is 2. The van der Waals surface area contributed by atoms with Gasteiger partial charge in [0.25, 0.3) is 0 Å². The number of nitrogens with one attached hydrogen (secondary N) is 1. The maximum atomic E-state index is 6.27. The van der Waals surface area contributed by atoms with Crippen molar-refractivity contribution < 1.29 is 9.47 Å². The van der Waals surface area contributed by atoms with E-state index in [0.29, 0.717) is 33.1 Å². The number of hydrogen-bond donors (Lipinski definition) is 1. The highest BCUT2D eigenvalue weighted by Crippen LogP contribution is 2.28. The minimum atomic E-state index is -0.351. The normalized spacial score (nSPS) is 12.1. The number of para-hydroxylation sites is 1. The summed E-state index contributed by atoms with van der Waals surface area (Å²) in [7, 11) is 0. The molecule has 2 aromatic carbocycles. The maximum absolute atomic E-state index is 6.27. The molecule has 7 heteroatoms. The van der Waals surface area contributed by atoms with Crippen LogP contribution in [0.25, 0.3) is 0 Å². The van der Waals surface area contributed by atoms with E-state index in [2.05, 4.69) is 9.97 Å². The van der Waals surface area contributed by atoms with E-state index >= 15 is 0 Å². The topological polar surface area (TPSA) is 47.1 Å². The molecule has 1 heterocycles. The summed E-state index contributed by atoms with van der Waals surface area (Å²) in [5, 5.41) is 1.70. The standard InChI is InChI=1S/C18H15Cl3N2O2/c19-13-6-5-12(15(21)10-13)9-17(18-22-7-8-23-18)25-11-24-16-4-2-1-3-14(16)20/h1-8,10,17H,9,11H2,(H,22,23). The second-order valence-electron chi connectivity index (χ2n) is 5.26. The number of nitrogens with zero attached hydrogens (tertiary/aromatic N) is 1. The number of rotatable bonds is 7. The van der Waals surface area contributed by atoms with Gasteiger partial charge in [0.2, 0.25) is 0 Å². The summed E-state index contributed by atoms with van der Waals surface area (Å²) >= 11 is 18.3. The molecule has 0 radical (unpaired) electrons. The third kappa shape index (κ3) is 4.89. The third-order valence-electron chi connectivity index (χ3n) is 3.57. The molecule has 25 heavy (non-hydrogen) atoms. The van der Waals surface area contributed by atoms with Crippen LogP contribution in [0.2, 0.25) is 15.1 Å². The highest BCUT2D eigenvalue weighted by atomic mass is 35.5. The van der Waals surface area contributed by atoms with Crippen LogP contribution in [0.4, 0.5) is 0 Å². The quantitative estimate of drug-likeness (QED) is 0.520. The van der Waals surface area contributed by atoms with Gasteiger partial charge in [-0.15, -0.1) is 0 Å². The Morgan fingerprint density at radius 3 is 2.60 bits per heavy atom. The van der Waals surface area contributed by atoms with Crippen molar-refractivity contribution in [3.8, 4) is 5.75 Å². The van der Waals surface area contributed by atoms with Crippen LogP contribution >= 0.6 is 34.8 Å². The number of benzene rings is 2. The van der Waals surface area contributed by atoms with Gasteiger partial charge in [0.1, 0.15) is 17.7 Å². The molecule has 0 bridgehead atoms. The Morgan fingerprint density at radius 2 is 1.88 bits per heavy atom. The molecule has 1 aromatic heterocycles. The lowest BCUT2D eigenvalue weighted by atomic mass is 10.1. The van der Waals surface area contributed by atoms with E-state index in [1.165, 1.54) is 0 Å². The number of aromatic amines is 1. The van der Waals surface area contributed by atoms with Crippen LogP contribution in [-0.4, -0.2) is 16.8 Å². The number of imidazole rings is 1. The van der Waals surface area contributed by atoms with Crippen molar-refractivity contribution in [3.05, 3.63) is 81.3 Å². The van der Waals surface area contributed by atoms with Gasteiger partial charge < -0.3 is 14.5 Å². The Labute approximate surface area is 160 Å². The van der Waals surface area contributed by atoms with Crippen molar-refractivity contribution >= 4 is 34.8 Å². The van der Waals surface area contributed by atoms with Gasteiger partial charge in [-0.05, 0) is 29.8 Å². The zero-order valence-electron chi connectivity index (χ0n) is 13.1. The summed E-state index contributed by atoms with van der Waals surface area (Å²) < 4.78 is 11.5. The lowest BCUT2D eigenvalue weighted by Gasteiger charge is -2.17. The molecule has 0 saturated carbocycles. The molecule has 3 rings (SSSR count). The van der Waals surface area contributed by atoms with Crippen LogP contribution < -0.4 is 4.74 Å². The molecule has 4 nitrogen and oxygen atoms in total. The van der Waals surface area contributed by atoms with Gasteiger partial charge in [-0.2, -0.15) is 0 Å². The molecule has 0 spiro atoms. The molecule has 1 N–H and O–H groups in total. The van der Waals surface area contributed by atoms with Crippen molar-refractivity contribution in [2.45, 2.75) is 12.5 Å². The van der Waals surface area contributed by atoms with Gasteiger partial charge in [0.05, 0.1) is 5.02 Å². The summed E-state index contributed by atoms with van der Waals surface area (Å²) in [5.74, 6) is 1.25. The Hall–Kier alpha value is -1.72. The summed E-state index contributed by atoms with van der Waals surface area (Å²) in [5.41, 5.74) is 0.908. The predicted molar refractivity (Wildman–Crippen MR) is 99.5 cm³/mol. The van der Waals surface area contributed by atoms with Gasteiger partial charge in [0.15, 0.2) is 6.79 Å². The SMILES string of the molecule is Clc1ccc(CC(OCOc2ccccc2Cl)c2ncc[nH]2)c(Cl)c1. The molecule has 130 valence electrons. The van der Waals surface area contributed by atoms with E-state index in [9.17, 15) is 0 Å². The maximum Gasteiger partial charge on any atom is 0.190 e. The Morgan fingerprint density at radius 1 is 1.04 bits per heavy atom. The minimum absolute atomic E-state index is 0.0281. The molecule has 0 fully saturated rings. The number of H-pyrrole nitrogens is 1. The number of aromatic nitrogens is 2. The Bertz CT molecular complexity index is 825. The summed E-state index contributed by atoms with van der Waals surface area (Å²) in [6.07, 6.45) is 3.58. The largest absolute Gasteiger partial charge is 0.466 e. The summed E-state index contributed by atoms with van der Waals surface area (Å²) in [6, 6.07) is 12.6. The first-order valence-corrected chi connectivity index (χ1v) is 8.69. The third-order valence-corrected chi connectivity index (χ3v) is 4.46. The van der Waals surface area contributed by atoms with Crippen LogP contribution in [0.15, 0.2) is 54.9 Å². The van der Waals surface area contributed by atoms with Crippen molar-refractivity contribution in [1.29, 1.82) is 0 Å². The van der Waals surface area contributed by atoms with Crippen molar-refractivity contribution in [2.75, 3.05) is 6.79 Å². The summed E-state index contributed by atoms with van der Waals surface area (Å²) in [6.45, 7) is 0.0281. The molecule has 0 saturated heterocycles. The lowest BCUT2D eigenvalue weighted by molar-refractivity contribution is -0.0406. The second-order valence-corrected chi connectivity index (χ2v) is 6.51. The highest BCUT2D eigenvalue weighted by molar-refractivity contribution is 6.35. The van der Waals surface area contributed by atoms with Crippen LogP contribution in [-0.2, 0) is 11.2 Å². The fourth-order valence-electron chi connectivity index (χ4n) is 2.32. The molecule has 1 unspecified atom stereocenters. The van der Waals surface area contributed by atoms with Gasteiger partial charge in [-0.1, -0.05) is 53.0 Å². The first kappa shape index (κ1) is 18.1. The molecular formula is C18H15Cl3N2O2. The predicted octanol–water partition coefficient (Wildman–Crippen LogP) is 5.71. The number of hydrogen-bond acceptors (Lipinski definition) is 3. The van der Waals surface area contributed by atoms with Crippen LogP contribution in [0.1, 0.15) is 17.5 Å². The second kappa shape index (κ2) is 8.59. The van der Waals surface area contributed by atoms with E-state index < -0.39 is 0 Å². The molecular weight excluding hydrogens is 383 g/mol. The highest BCUT2D eigenvalue weighted by Gasteiger charge is 2.18. The monoisotopic (exact) mass is 396 g/mol. The van der Waals surface area contributed by atoms with E-state index in [-0.39, 0.29) is 12.9 Å². The average Bonchev–Trinajstić information content (AvgIpc) is 3.12. The first-order chi connectivity index (χ1) is 12.1. The van der Waals surface area contributed by atoms with E-state index in [1.54, 1.807) is 36.7 Å². The van der Waals surface area contributed by atoms with E-state index in [4.69, 9.17) is 44.3 Å². The Balaban J connectivity index is 1.69. The van der Waals surface area contributed by atoms with E-state index in [1.807, 2.05) is 18.2 Å². The number of halogens is 3. The molecule has 0 amide bonds. The first-order valence-electron chi connectivity index (χ1n) is 7.55. The lowest BCUT2D eigenvalue weighted by Crippen LogP contribution is -2.14. The molecule has 0 aliphatic rings. The summed E-state index contributed by atoms with van der Waals surface area (Å²) in [4.78, 5) is 7.33. The van der Waals surface area contributed by atoms with Crippen LogP contribution in [0.3, 0.4) is 0 Å². The zero-order chi connectivity index (χ0) is 17.6. The fraction of sp³-hybridized carbons (Fsp3) is 0.167. The van der Waals surface area contributed by atoms with Gasteiger partial charge >= 0.3 is 0 Å². The molecule has 0 aliphatic heterocycles. The van der Waals surface area contributed by atoms with Gasteiger partial charge in [-0.3, -0.25) is 0 Å². The van der Waals surface area contributed by atoms with Gasteiger partial charge in [0, 0.05) is 28.9 Å². The fourth-order valence-corrected chi connectivity index (χ4v) is 2.99. The molecule has 1 atom stereocenters. The minimum Gasteiger partial charge on any atom is -0.466 e. The Kier molecular flexibility index (Phi) is 6.21. The van der Waals surface area contributed by atoms with Crippen molar-refractivity contribution in [3.63, 3.8) is 0 Å². The smallest absolute Gasteiger partial charge is 0.190 e. The van der Waals surface area contributed by atoms with E-state index in [0.717, 1.165) is 5.56 Å². The molecule has 0 aliphatic carbocycles. The zero-order valence-corrected chi connectivity index (χ0v) is 15.4.